The summed E-state index contributed by atoms with van der Waals surface area (Å²) >= 11 is 9.75. The lowest BCUT2D eigenvalue weighted by atomic mass is 9.95. The maximum absolute atomic E-state index is 13.5. The molecule has 0 saturated heterocycles. The Morgan fingerprint density at radius 2 is 1.95 bits per heavy atom. The first-order valence-electron chi connectivity index (χ1n) is 11.6. The number of carbonyl (C=O) groups is 1. The van der Waals surface area contributed by atoms with Gasteiger partial charge in [-0.2, -0.15) is 9.78 Å². The molecule has 10 heteroatoms. The van der Waals surface area contributed by atoms with Crippen LogP contribution in [0.3, 0.4) is 0 Å². The Morgan fingerprint density at radius 3 is 2.63 bits per heavy atom. The van der Waals surface area contributed by atoms with Gasteiger partial charge in [0, 0.05) is 26.5 Å². The van der Waals surface area contributed by atoms with Crippen LogP contribution in [0.2, 0.25) is 5.02 Å². The zero-order valence-corrected chi connectivity index (χ0v) is 23.5. The van der Waals surface area contributed by atoms with Crippen LogP contribution >= 0.6 is 27.5 Å². The van der Waals surface area contributed by atoms with Crippen molar-refractivity contribution >= 4 is 50.6 Å². The Balaban J connectivity index is 1.80. The summed E-state index contributed by atoms with van der Waals surface area (Å²) in [5.41, 5.74) is 1.04. The average Bonchev–Trinajstić information content (AvgIpc) is 2.86. The molecule has 0 aliphatic carbocycles. The van der Waals surface area contributed by atoms with E-state index < -0.39 is 11.4 Å². The molecule has 0 spiro atoms. The molecule has 3 aromatic carbocycles. The molecule has 4 rings (SSSR count). The van der Waals surface area contributed by atoms with Gasteiger partial charge in [0.2, 0.25) is 0 Å². The summed E-state index contributed by atoms with van der Waals surface area (Å²) in [5.74, 6) is 0.149. The summed E-state index contributed by atoms with van der Waals surface area (Å²) in [7, 11) is 1.48. The van der Waals surface area contributed by atoms with Gasteiger partial charge in [-0.25, -0.2) is 9.78 Å². The number of rotatable bonds is 7. The van der Waals surface area contributed by atoms with Crippen LogP contribution in [-0.2, 0) is 12.0 Å². The smallest absolute Gasteiger partial charge is 0.335 e. The summed E-state index contributed by atoms with van der Waals surface area (Å²) in [6, 6.07) is 15.0. The Bertz CT molecular complexity index is 1630. The summed E-state index contributed by atoms with van der Waals surface area (Å²) in [6.07, 6.45) is 1.47. The van der Waals surface area contributed by atoms with Crippen molar-refractivity contribution in [3.8, 4) is 11.5 Å². The van der Waals surface area contributed by atoms with E-state index in [0.29, 0.717) is 44.4 Å². The molecule has 0 bridgehead atoms. The second kappa shape index (κ2) is 11.0. The van der Waals surface area contributed by atoms with E-state index in [1.165, 1.54) is 30.1 Å². The average molecular weight is 599 g/mol. The minimum Gasteiger partial charge on any atom is -0.493 e. The number of fused-ring (bicyclic) bond motifs is 1. The third-order valence-corrected chi connectivity index (χ3v) is 6.33. The molecule has 0 aliphatic heterocycles. The van der Waals surface area contributed by atoms with Gasteiger partial charge in [-0.1, -0.05) is 60.4 Å². The highest BCUT2D eigenvalue weighted by Crippen LogP contribution is 2.35. The first kappa shape index (κ1) is 27.3. The molecule has 0 fully saturated rings. The second-order valence-corrected chi connectivity index (χ2v) is 10.9. The van der Waals surface area contributed by atoms with Crippen LogP contribution in [0.5, 0.6) is 11.5 Å². The first-order valence-corrected chi connectivity index (χ1v) is 12.7. The SMILES string of the molecule is COc1cc(Cl)cc(C=Nn2c(C(C)(C)C)nc3ccc(Br)cc3c2=O)c1OCc1cccc(C(=O)O)c1. The van der Waals surface area contributed by atoms with Crippen molar-refractivity contribution in [3.63, 3.8) is 0 Å². The van der Waals surface area contributed by atoms with E-state index >= 15 is 0 Å². The summed E-state index contributed by atoms with van der Waals surface area (Å²) in [5, 5.41) is 14.6. The molecule has 0 atom stereocenters. The molecule has 38 heavy (non-hydrogen) atoms. The number of carboxylic acid groups (broad SMARTS) is 1. The van der Waals surface area contributed by atoms with E-state index in [1.807, 2.05) is 26.8 Å². The van der Waals surface area contributed by atoms with E-state index in [4.69, 9.17) is 26.1 Å². The number of hydrogen-bond acceptors (Lipinski definition) is 6. The number of aromatic carboxylic acids is 1. The zero-order valence-electron chi connectivity index (χ0n) is 21.2. The third kappa shape index (κ3) is 5.89. The molecule has 4 aromatic rings. The fraction of sp³-hybridized carbons (Fsp3) is 0.214. The maximum Gasteiger partial charge on any atom is 0.335 e. The van der Waals surface area contributed by atoms with E-state index in [9.17, 15) is 14.7 Å². The highest BCUT2D eigenvalue weighted by Gasteiger charge is 2.23. The van der Waals surface area contributed by atoms with Crippen molar-refractivity contribution in [2.45, 2.75) is 32.8 Å². The number of carboxylic acids is 1. The number of methoxy groups -OCH3 is 1. The van der Waals surface area contributed by atoms with Crippen molar-refractivity contribution in [1.82, 2.24) is 9.66 Å². The maximum atomic E-state index is 13.5. The largest absolute Gasteiger partial charge is 0.493 e. The minimum absolute atomic E-state index is 0.0682. The number of nitrogens with zero attached hydrogens (tertiary/aromatic N) is 3. The molecule has 0 saturated carbocycles. The van der Waals surface area contributed by atoms with Crippen LogP contribution in [0, 0.1) is 0 Å². The molecule has 0 amide bonds. The number of halogens is 2. The van der Waals surface area contributed by atoms with Crippen LogP contribution in [0.1, 0.15) is 48.1 Å². The topological polar surface area (TPSA) is 103 Å². The molecule has 1 aromatic heterocycles. The molecule has 8 nitrogen and oxygen atoms in total. The lowest BCUT2D eigenvalue weighted by molar-refractivity contribution is 0.0696. The van der Waals surface area contributed by atoms with Gasteiger partial charge in [0.1, 0.15) is 12.4 Å². The monoisotopic (exact) mass is 597 g/mol. The van der Waals surface area contributed by atoms with E-state index in [-0.39, 0.29) is 17.7 Å². The van der Waals surface area contributed by atoms with Gasteiger partial charge >= 0.3 is 5.97 Å². The van der Waals surface area contributed by atoms with Crippen LogP contribution in [0.15, 0.2) is 69.0 Å². The Hall–Kier alpha value is -3.69. The van der Waals surface area contributed by atoms with E-state index in [0.717, 1.165) is 4.47 Å². The van der Waals surface area contributed by atoms with Gasteiger partial charge in [0.25, 0.3) is 5.56 Å². The van der Waals surface area contributed by atoms with Crippen LogP contribution in [-0.4, -0.2) is 34.1 Å². The van der Waals surface area contributed by atoms with Crippen LogP contribution in [0.25, 0.3) is 10.9 Å². The number of hydrogen-bond donors (Lipinski definition) is 1. The third-order valence-electron chi connectivity index (χ3n) is 5.62. The first-order chi connectivity index (χ1) is 18.0. The van der Waals surface area contributed by atoms with E-state index in [1.54, 1.807) is 36.4 Å². The number of aromatic nitrogens is 2. The van der Waals surface area contributed by atoms with Gasteiger partial charge < -0.3 is 14.6 Å². The quantitative estimate of drug-likeness (QED) is 0.251. The highest BCUT2D eigenvalue weighted by atomic mass is 79.9. The minimum atomic E-state index is -1.03. The Labute approximate surface area is 232 Å². The fourth-order valence-corrected chi connectivity index (χ4v) is 4.38. The molecule has 1 N–H and O–H groups in total. The Morgan fingerprint density at radius 1 is 1.18 bits per heavy atom. The zero-order chi connectivity index (χ0) is 27.6. The molecule has 0 unspecified atom stereocenters. The lowest BCUT2D eigenvalue weighted by Crippen LogP contribution is -2.29. The highest BCUT2D eigenvalue weighted by molar-refractivity contribution is 9.10. The molecule has 196 valence electrons. The predicted molar refractivity (Wildman–Crippen MR) is 151 cm³/mol. The second-order valence-electron chi connectivity index (χ2n) is 9.53. The fourth-order valence-electron chi connectivity index (χ4n) is 3.80. The van der Waals surface area contributed by atoms with Gasteiger partial charge in [0.15, 0.2) is 11.5 Å². The van der Waals surface area contributed by atoms with Gasteiger partial charge in [0.05, 0.1) is 29.8 Å². The normalized spacial score (nSPS) is 11.7. The van der Waals surface area contributed by atoms with Crippen LogP contribution in [0.4, 0.5) is 0 Å². The predicted octanol–water partition coefficient (Wildman–Crippen LogP) is 6.28. The standard InChI is InChI=1S/C28H25BrClN3O5/c1-28(2,3)27-32-22-9-8-19(29)12-21(22)25(34)33(27)31-14-18-11-20(30)13-23(37-4)24(18)38-15-16-6-5-7-17(10-16)26(35)36/h5-14H,15H2,1-4H3,(H,35,36). The van der Waals surface area contributed by atoms with Gasteiger partial charge in [-0.3, -0.25) is 4.79 Å². The molecular formula is C28H25BrClN3O5. The summed E-state index contributed by atoms with van der Waals surface area (Å²) in [6.45, 7) is 5.92. The molecule has 1 heterocycles. The van der Waals surface area contributed by atoms with Crippen molar-refractivity contribution in [3.05, 3.63) is 97.0 Å². The number of benzene rings is 3. The van der Waals surface area contributed by atoms with Gasteiger partial charge in [-0.15, -0.1) is 0 Å². The summed E-state index contributed by atoms with van der Waals surface area (Å²) in [4.78, 5) is 29.6. The van der Waals surface area contributed by atoms with E-state index in [2.05, 4.69) is 21.0 Å². The molecule has 0 radical (unpaired) electrons. The molecular weight excluding hydrogens is 574 g/mol. The number of ether oxygens (including phenoxy) is 2. The summed E-state index contributed by atoms with van der Waals surface area (Å²) < 4.78 is 13.6. The van der Waals surface area contributed by atoms with Crippen molar-refractivity contribution < 1.29 is 19.4 Å². The van der Waals surface area contributed by atoms with Gasteiger partial charge in [-0.05, 0) is 42.0 Å². The van der Waals surface area contributed by atoms with Crippen molar-refractivity contribution in [2.24, 2.45) is 5.10 Å². The van der Waals surface area contributed by atoms with Crippen molar-refractivity contribution in [1.29, 1.82) is 0 Å². The lowest BCUT2D eigenvalue weighted by Gasteiger charge is -2.21. The van der Waals surface area contributed by atoms with Crippen LogP contribution < -0.4 is 15.0 Å². The Kier molecular flexibility index (Phi) is 7.89. The molecule has 0 aliphatic rings. The van der Waals surface area contributed by atoms with Crippen molar-refractivity contribution in [2.75, 3.05) is 7.11 Å².